The van der Waals surface area contributed by atoms with Crippen LogP contribution < -0.4 is 10.1 Å². The van der Waals surface area contributed by atoms with Gasteiger partial charge >= 0.3 is 5.97 Å². The zero-order valence-corrected chi connectivity index (χ0v) is 15.7. The minimum Gasteiger partial charge on any atom is -0.489 e. The molecule has 0 amide bonds. The van der Waals surface area contributed by atoms with Gasteiger partial charge in [-0.3, -0.25) is 0 Å². The monoisotopic (exact) mass is 381 g/mol. The minimum absolute atomic E-state index is 0.285. The Balaban J connectivity index is 1.62. The maximum Gasteiger partial charge on any atom is 0.335 e. The molecule has 0 fully saturated rings. The maximum atomic E-state index is 11.0. The normalized spacial score (nSPS) is 10.4. The van der Waals surface area contributed by atoms with Crippen LogP contribution in [0.4, 0.5) is 5.69 Å². The molecule has 0 saturated heterocycles. The van der Waals surface area contributed by atoms with Crippen molar-refractivity contribution in [1.82, 2.24) is 0 Å². The van der Waals surface area contributed by atoms with Gasteiger partial charge in [0.2, 0.25) is 0 Å². The molecule has 3 aromatic rings. The predicted octanol–water partition coefficient (Wildman–Crippen LogP) is 5.54. The second-order valence-electron chi connectivity index (χ2n) is 6.22. The molecule has 5 heteroatoms. The molecule has 0 aliphatic rings. The molecule has 3 rings (SSSR count). The molecular weight excluding hydrogens is 362 g/mol. The first-order valence-corrected chi connectivity index (χ1v) is 8.93. The van der Waals surface area contributed by atoms with E-state index in [1.807, 2.05) is 55.5 Å². The number of hydrogen-bond acceptors (Lipinski definition) is 3. The topological polar surface area (TPSA) is 58.6 Å². The molecule has 0 spiro atoms. The number of anilines is 1. The lowest BCUT2D eigenvalue weighted by Gasteiger charge is -2.12. The largest absolute Gasteiger partial charge is 0.489 e. The highest BCUT2D eigenvalue weighted by Crippen LogP contribution is 2.21. The van der Waals surface area contributed by atoms with Crippen LogP contribution in [0.15, 0.2) is 66.7 Å². The molecule has 0 radical (unpaired) electrons. The van der Waals surface area contributed by atoms with Gasteiger partial charge in [-0.05, 0) is 54.4 Å². The third kappa shape index (κ3) is 5.02. The lowest BCUT2D eigenvalue weighted by atomic mass is 10.1. The second kappa shape index (κ2) is 8.60. The molecule has 0 unspecified atom stereocenters. The Hall–Kier alpha value is -2.98. The summed E-state index contributed by atoms with van der Waals surface area (Å²) in [6, 6.07) is 20.5. The van der Waals surface area contributed by atoms with E-state index in [0.29, 0.717) is 18.2 Å². The highest BCUT2D eigenvalue weighted by Gasteiger charge is 2.06. The summed E-state index contributed by atoms with van der Waals surface area (Å²) in [6.07, 6.45) is 0. The van der Waals surface area contributed by atoms with Gasteiger partial charge in [-0.1, -0.05) is 41.9 Å². The average Bonchev–Trinajstić information content (AvgIpc) is 2.66. The number of rotatable bonds is 7. The maximum absolute atomic E-state index is 11.0. The first-order valence-electron chi connectivity index (χ1n) is 8.56. The van der Waals surface area contributed by atoms with E-state index in [2.05, 4.69) is 5.32 Å². The fraction of sp³-hybridized carbons (Fsp3) is 0.136. The SMILES string of the molecule is Cc1cc(C(=O)O)ccc1NCc1cccc(OCc2ccccc2Cl)c1. The molecule has 0 saturated carbocycles. The van der Waals surface area contributed by atoms with Crippen molar-refractivity contribution in [2.24, 2.45) is 0 Å². The molecular formula is C22H20ClNO3. The molecule has 0 aromatic heterocycles. The molecule has 0 aliphatic heterocycles. The van der Waals surface area contributed by atoms with Crippen molar-refractivity contribution in [3.8, 4) is 5.75 Å². The van der Waals surface area contributed by atoms with Crippen LogP contribution in [-0.2, 0) is 13.2 Å². The molecule has 0 bridgehead atoms. The number of carbonyl (C=O) groups is 1. The van der Waals surface area contributed by atoms with E-state index >= 15 is 0 Å². The van der Waals surface area contributed by atoms with Crippen molar-refractivity contribution < 1.29 is 14.6 Å². The van der Waals surface area contributed by atoms with Gasteiger partial charge in [-0.2, -0.15) is 0 Å². The summed E-state index contributed by atoms with van der Waals surface area (Å²) < 4.78 is 5.85. The van der Waals surface area contributed by atoms with Crippen molar-refractivity contribution in [2.75, 3.05) is 5.32 Å². The van der Waals surface area contributed by atoms with Crippen LogP contribution >= 0.6 is 11.6 Å². The zero-order valence-electron chi connectivity index (χ0n) is 14.9. The van der Waals surface area contributed by atoms with Crippen molar-refractivity contribution in [3.63, 3.8) is 0 Å². The lowest BCUT2D eigenvalue weighted by molar-refractivity contribution is 0.0697. The van der Waals surface area contributed by atoms with E-state index in [0.717, 1.165) is 28.1 Å². The number of aromatic carboxylic acids is 1. The molecule has 3 aromatic carbocycles. The number of carboxylic acid groups (broad SMARTS) is 1. The minimum atomic E-state index is -0.923. The van der Waals surface area contributed by atoms with Gasteiger partial charge in [0.1, 0.15) is 12.4 Å². The van der Waals surface area contributed by atoms with E-state index in [1.165, 1.54) is 0 Å². The van der Waals surface area contributed by atoms with Gasteiger partial charge < -0.3 is 15.2 Å². The van der Waals surface area contributed by atoms with E-state index in [-0.39, 0.29) is 5.56 Å². The van der Waals surface area contributed by atoms with Crippen LogP contribution in [0.2, 0.25) is 5.02 Å². The summed E-state index contributed by atoms with van der Waals surface area (Å²) in [7, 11) is 0. The summed E-state index contributed by atoms with van der Waals surface area (Å²) in [4.78, 5) is 11.0. The Bertz CT molecular complexity index is 956. The third-order valence-electron chi connectivity index (χ3n) is 4.21. The average molecular weight is 382 g/mol. The number of aryl methyl sites for hydroxylation is 1. The van der Waals surface area contributed by atoms with Gasteiger partial charge in [0.25, 0.3) is 0 Å². The summed E-state index contributed by atoms with van der Waals surface area (Å²) in [5.74, 6) is -0.153. The number of halogens is 1. The van der Waals surface area contributed by atoms with E-state index < -0.39 is 5.97 Å². The Morgan fingerprint density at radius 1 is 1.07 bits per heavy atom. The molecule has 138 valence electrons. The van der Waals surface area contributed by atoms with Gasteiger partial charge in [0.15, 0.2) is 0 Å². The highest BCUT2D eigenvalue weighted by atomic mass is 35.5. The smallest absolute Gasteiger partial charge is 0.335 e. The summed E-state index contributed by atoms with van der Waals surface area (Å²) in [5.41, 5.74) is 4.08. The van der Waals surface area contributed by atoms with Crippen LogP contribution in [-0.4, -0.2) is 11.1 Å². The van der Waals surface area contributed by atoms with Crippen molar-refractivity contribution in [1.29, 1.82) is 0 Å². The number of nitrogens with one attached hydrogen (secondary N) is 1. The highest BCUT2D eigenvalue weighted by molar-refractivity contribution is 6.31. The van der Waals surface area contributed by atoms with E-state index in [1.54, 1.807) is 18.2 Å². The number of carboxylic acids is 1. The lowest BCUT2D eigenvalue weighted by Crippen LogP contribution is -2.03. The Morgan fingerprint density at radius 3 is 2.63 bits per heavy atom. The van der Waals surface area contributed by atoms with Crippen LogP contribution in [0.3, 0.4) is 0 Å². The standard InChI is InChI=1S/C22H20ClNO3/c1-15-11-17(22(25)26)9-10-21(15)24-13-16-5-4-7-19(12-16)27-14-18-6-2-3-8-20(18)23/h2-12,24H,13-14H2,1H3,(H,25,26). The number of benzene rings is 3. The van der Waals surface area contributed by atoms with E-state index in [9.17, 15) is 4.79 Å². The summed E-state index contributed by atoms with van der Waals surface area (Å²) >= 11 is 6.16. The van der Waals surface area contributed by atoms with Crippen LogP contribution in [0, 0.1) is 6.92 Å². The fourth-order valence-electron chi connectivity index (χ4n) is 2.71. The Morgan fingerprint density at radius 2 is 1.89 bits per heavy atom. The van der Waals surface area contributed by atoms with Crippen LogP contribution in [0.5, 0.6) is 5.75 Å². The van der Waals surface area contributed by atoms with Crippen molar-refractivity contribution in [2.45, 2.75) is 20.1 Å². The van der Waals surface area contributed by atoms with E-state index in [4.69, 9.17) is 21.4 Å². The molecule has 0 heterocycles. The molecule has 0 atom stereocenters. The first-order chi connectivity index (χ1) is 13.0. The number of ether oxygens (including phenoxy) is 1. The molecule has 2 N–H and O–H groups in total. The number of hydrogen-bond donors (Lipinski definition) is 2. The second-order valence-corrected chi connectivity index (χ2v) is 6.62. The quantitative estimate of drug-likeness (QED) is 0.564. The van der Waals surface area contributed by atoms with Crippen LogP contribution in [0.1, 0.15) is 27.0 Å². The Labute approximate surface area is 163 Å². The predicted molar refractivity (Wildman–Crippen MR) is 108 cm³/mol. The fourth-order valence-corrected chi connectivity index (χ4v) is 2.90. The van der Waals surface area contributed by atoms with Gasteiger partial charge in [-0.25, -0.2) is 4.79 Å². The Kier molecular flexibility index (Phi) is 5.99. The van der Waals surface area contributed by atoms with Crippen molar-refractivity contribution in [3.05, 3.63) is 94.0 Å². The zero-order chi connectivity index (χ0) is 19.2. The molecule has 0 aliphatic carbocycles. The first kappa shape index (κ1) is 18.8. The van der Waals surface area contributed by atoms with Gasteiger partial charge in [0, 0.05) is 22.8 Å². The summed E-state index contributed by atoms with van der Waals surface area (Å²) in [5, 5.41) is 13.1. The molecule has 27 heavy (non-hydrogen) atoms. The van der Waals surface area contributed by atoms with Gasteiger partial charge in [0.05, 0.1) is 5.56 Å². The van der Waals surface area contributed by atoms with Gasteiger partial charge in [-0.15, -0.1) is 0 Å². The summed E-state index contributed by atoms with van der Waals surface area (Å²) in [6.45, 7) is 2.90. The molecule has 4 nitrogen and oxygen atoms in total. The third-order valence-corrected chi connectivity index (χ3v) is 4.58. The van der Waals surface area contributed by atoms with Crippen LogP contribution in [0.25, 0.3) is 0 Å². The van der Waals surface area contributed by atoms with Crippen molar-refractivity contribution >= 4 is 23.3 Å².